The van der Waals surface area contributed by atoms with Crippen LogP contribution in [-0.4, -0.2) is 31.4 Å². The molecule has 3 rings (SSSR count). The van der Waals surface area contributed by atoms with E-state index in [0.29, 0.717) is 51.4 Å². The number of hydrogen-bond donors (Lipinski definition) is 0. The summed E-state index contributed by atoms with van der Waals surface area (Å²) < 4.78 is 277. The van der Waals surface area contributed by atoms with Crippen molar-refractivity contribution >= 4 is 7.32 Å². The monoisotopic (exact) mass is 1160 g/mol. The van der Waals surface area contributed by atoms with Gasteiger partial charge in [-0.25, -0.2) is 0 Å². The van der Waals surface area contributed by atoms with Gasteiger partial charge in [-0.3, -0.25) is 0 Å². The van der Waals surface area contributed by atoms with E-state index in [1.54, 1.807) is 0 Å². The van der Waals surface area contributed by atoms with Gasteiger partial charge in [0, 0.05) is 6.42 Å². The molecule has 0 bridgehead atoms. The third-order valence-corrected chi connectivity index (χ3v) is 14.0. The van der Waals surface area contributed by atoms with Crippen molar-refractivity contribution in [2.24, 2.45) is 0 Å². The van der Waals surface area contributed by atoms with Gasteiger partial charge in [0.1, 0.15) is 23.3 Å². The topological polar surface area (TPSA) is 27.7 Å². The quantitative estimate of drug-likeness (QED) is 0.0254. The van der Waals surface area contributed by atoms with Crippen LogP contribution in [0.15, 0.2) is 48.5 Å². The second-order valence-electron chi connectivity index (χ2n) is 20.5. The van der Waals surface area contributed by atoms with Crippen molar-refractivity contribution in [1.82, 2.24) is 0 Å². The minimum atomic E-state index is -5.65. The van der Waals surface area contributed by atoms with Crippen molar-refractivity contribution in [3.63, 3.8) is 0 Å². The highest BCUT2D eigenvalue weighted by atomic mass is 19.4. The van der Waals surface area contributed by atoms with Crippen molar-refractivity contribution in [1.29, 1.82) is 0 Å². The molecule has 3 aromatic carbocycles. The first kappa shape index (κ1) is 69.1. The van der Waals surface area contributed by atoms with Gasteiger partial charge in [-0.15, -0.1) is 0 Å². The summed E-state index contributed by atoms with van der Waals surface area (Å²) in [5.74, 6) is -4.51. The fourth-order valence-corrected chi connectivity index (χ4v) is 9.83. The number of alkyl halides is 18. The molecule has 0 fully saturated rings. The second-order valence-corrected chi connectivity index (χ2v) is 20.5. The molecule has 0 aliphatic heterocycles. The van der Waals surface area contributed by atoms with Crippen LogP contribution >= 0.6 is 0 Å². The van der Waals surface area contributed by atoms with E-state index in [2.05, 4.69) is 6.92 Å². The van der Waals surface area contributed by atoms with E-state index < -0.39 is 107 Å². The summed E-state index contributed by atoms with van der Waals surface area (Å²) in [5, 5.41) is 0. The maximum absolute atomic E-state index is 15.8. The lowest BCUT2D eigenvalue weighted by molar-refractivity contribution is -0.958. The number of halogens is 18. The lowest BCUT2D eigenvalue weighted by atomic mass is 9.88. The molecule has 0 aliphatic carbocycles. The predicted molar refractivity (Wildman–Crippen MR) is 268 cm³/mol. The van der Waals surface area contributed by atoms with Gasteiger partial charge in [-0.2, -0.15) is 79.0 Å². The SMILES string of the molecule is CCCCCCCCCCCCCCCCCCCC(c1c(OB(Oc2cc(C(F)(F)F)cc(C(F)(F)F)c2)Oc2cc(C(F)(F)F)cc(C(F)(F)F)c2)cc(C(F)(F)F)cc1C(F)(F)F)[N+](CCCC)(CCCC)CCCC. The van der Waals surface area contributed by atoms with Gasteiger partial charge in [-0.05, 0) is 74.2 Å². The third-order valence-electron chi connectivity index (χ3n) is 14.0. The number of quaternary nitrogens is 1. The third kappa shape index (κ3) is 23.3. The Kier molecular flexibility index (Phi) is 27.4. The van der Waals surface area contributed by atoms with E-state index in [4.69, 9.17) is 14.0 Å². The van der Waals surface area contributed by atoms with Crippen LogP contribution in [0.3, 0.4) is 0 Å². The van der Waals surface area contributed by atoms with Gasteiger partial charge in [0.15, 0.2) is 0 Å². The van der Waals surface area contributed by atoms with Crippen molar-refractivity contribution in [2.45, 2.75) is 225 Å². The zero-order valence-corrected chi connectivity index (χ0v) is 45.3. The molecule has 0 radical (unpaired) electrons. The van der Waals surface area contributed by atoms with Gasteiger partial charge in [0.25, 0.3) is 0 Å². The van der Waals surface area contributed by atoms with Crippen LogP contribution in [0.5, 0.6) is 17.2 Å². The number of rotatable bonds is 35. The average molecular weight is 1160 g/mol. The first-order valence-electron chi connectivity index (χ1n) is 27.6. The molecule has 23 heteroatoms. The zero-order chi connectivity index (χ0) is 59.3. The maximum atomic E-state index is 15.8. The van der Waals surface area contributed by atoms with Crippen molar-refractivity contribution in [3.8, 4) is 17.2 Å². The van der Waals surface area contributed by atoms with E-state index in [1.807, 2.05) is 20.8 Å². The molecule has 0 saturated heterocycles. The Hall–Kier alpha value is -4.18. The molecule has 1 unspecified atom stereocenters. The summed E-state index contributed by atoms with van der Waals surface area (Å²) in [6.45, 7) is 8.11. The lowest BCUT2D eigenvalue weighted by Crippen LogP contribution is -2.53. The molecular formula is C56H75BF18NO3+. The van der Waals surface area contributed by atoms with Crippen LogP contribution in [0.25, 0.3) is 0 Å². The Balaban J connectivity index is 2.29. The molecule has 450 valence electrons. The van der Waals surface area contributed by atoms with Crippen LogP contribution in [0.2, 0.25) is 0 Å². The lowest BCUT2D eigenvalue weighted by Gasteiger charge is -2.47. The standard InChI is InChI=1S/C56H75BF18NO3/c1-5-9-13-14-15-16-17-18-19-20-21-22-23-24-25-26-27-28-48(76(29-10-6-2,30-11-7-3)31-12-8-4)50-47(56(73,74)75)38-44(55(70,71)72)39-49(50)79-57(77-45-34-40(51(58,59)60)32-41(35-45)52(61,62)63)78-46-36-42(53(64,65)66)33-43(37-46)54(67,68)69/h32-39,48H,5-31H2,1-4H3/q+1. The normalized spacial score (nSPS) is 13.5. The molecule has 1 atom stereocenters. The minimum Gasteiger partial charge on any atom is -0.490 e. The van der Waals surface area contributed by atoms with Gasteiger partial charge in [0.2, 0.25) is 0 Å². The van der Waals surface area contributed by atoms with E-state index in [-0.39, 0.29) is 85.5 Å². The smallest absolute Gasteiger partial charge is 0.490 e. The van der Waals surface area contributed by atoms with Crippen LogP contribution in [-0.2, 0) is 37.1 Å². The Morgan fingerprint density at radius 3 is 0.924 bits per heavy atom. The van der Waals surface area contributed by atoms with Crippen molar-refractivity contribution < 1.29 is 97.5 Å². The van der Waals surface area contributed by atoms with E-state index >= 15 is 13.2 Å². The second kappa shape index (κ2) is 31.3. The predicted octanol–water partition coefficient (Wildman–Crippen LogP) is 21.6. The zero-order valence-electron chi connectivity index (χ0n) is 45.3. The molecule has 0 heterocycles. The number of hydrogen-bond acceptors (Lipinski definition) is 3. The number of unbranched alkanes of at least 4 members (excludes halogenated alkanes) is 19. The molecule has 0 aromatic heterocycles. The Morgan fingerprint density at radius 2 is 0.633 bits per heavy atom. The fourth-order valence-electron chi connectivity index (χ4n) is 9.83. The summed E-state index contributed by atoms with van der Waals surface area (Å²) in [6, 6.07) is -2.72. The maximum Gasteiger partial charge on any atom is 0.864 e. The summed E-state index contributed by atoms with van der Waals surface area (Å²) in [6.07, 6.45) is -14.3. The van der Waals surface area contributed by atoms with E-state index in [9.17, 15) is 65.9 Å². The summed E-state index contributed by atoms with van der Waals surface area (Å²) in [4.78, 5) is 0. The van der Waals surface area contributed by atoms with Gasteiger partial charge in [0.05, 0.1) is 58.6 Å². The molecule has 0 amide bonds. The Labute approximate surface area is 453 Å². The molecule has 0 spiro atoms. The summed E-state index contributed by atoms with van der Waals surface area (Å²) in [5.41, 5.74) is -13.2. The Bertz CT molecular complexity index is 2070. The summed E-state index contributed by atoms with van der Waals surface area (Å²) >= 11 is 0. The minimum absolute atomic E-state index is 0.0701. The van der Waals surface area contributed by atoms with Gasteiger partial charge < -0.3 is 18.4 Å². The van der Waals surface area contributed by atoms with E-state index in [0.717, 1.165) is 44.9 Å². The van der Waals surface area contributed by atoms with E-state index in [1.165, 1.54) is 44.9 Å². The largest absolute Gasteiger partial charge is 0.864 e. The first-order valence-corrected chi connectivity index (χ1v) is 27.6. The van der Waals surface area contributed by atoms with Crippen LogP contribution < -0.4 is 14.0 Å². The molecule has 0 N–H and O–H groups in total. The molecule has 79 heavy (non-hydrogen) atoms. The Morgan fingerprint density at radius 1 is 0.342 bits per heavy atom. The number of nitrogens with zero attached hydrogens (tertiary/aromatic N) is 1. The molecule has 3 aromatic rings. The van der Waals surface area contributed by atoms with Crippen LogP contribution in [0.4, 0.5) is 79.0 Å². The number of benzene rings is 3. The van der Waals surface area contributed by atoms with Crippen molar-refractivity contribution in [2.75, 3.05) is 19.6 Å². The van der Waals surface area contributed by atoms with Crippen LogP contribution in [0.1, 0.15) is 227 Å². The van der Waals surface area contributed by atoms with Crippen molar-refractivity contribution in [3.05, 3.63) is 87.5 Å². The van der Waals surface area contributed by atoms with Gasteiger partial charge >= 0.3 is 44.4 Å². The summed E-state index contributed by atoms with van der Waals surface area (Å²) in [7, 11) is -3.28. The molecule has 4 nitrogen and oxygen atoms in total. The van der Waals surface area contributed by atoms with Gasteiger partial charge in [-0.1, -0.05) is 150 Å². The molecule has 0 aliphatic rings. The van der Waals surface area contributed by atoms with Crippen LogP contribution in [0, 0.1) is 0 Å². The molecular weight excluding hydrogens is 1090 g/mol. The highest BCUT2D eigenvalue weighted by molar-refractivity contribution is 6.39. The fraction of sp³-hybridized carbons (Fsp3) is 0.679. The molecule has 0 saturated carbocycles. The first-order chi connectivity index (χ1) is 36.8. The highest BCUT2D eigenvalue weighted by Gasteiger charge is 2.49. The average Bonchev–Trinajstić information content (AvgIpc) is 3.34. The highest BCUT2D eigenvalue weighted by Crippen LogP contribution is 2.50.